The van der Waals surface area contributed by atoms with Gasteiger partial charge in [0.05, 0.1) is 12.6 Å². The summed E-state index contributed by atoms with van der Waals surface area (Å²) in [5, 5.41) is 12.0. The molecule has 4 N–H and O–H groups in total. The Morgan fingerprint density at radius 3 is 2.61 bits per heavy atom. The fourth-order valence-electron chi connectivity index (χ4n) is 1.76. The minimum absolute atomic E-state index is 0.0621. The number of nitrogens with two attached hydrogens (primary N) is 1. The van der Waals surface area contributed by atoms with Gasteiger partial charge in [-0.1, -0.05) is 29.8 Å². The highest BCUT2D eigenvalue weighted by Gasteiger charge is 2.14. The third-order valence-corrected chi connectivity index (χ3v) is 2.95. The largest absolute Gasteiger partial charge is 0.399 e. The summed E-state index contributed by atoms with van der Waals surface area (Å²) in [7, 11) is 0. The Kier molecular flexibility index (Phi) is 5.62. The zero-order valence-electron chi connectivity index (χ0n) is 10.6. The Hall–Kier alpha value is -1.07. The number of benzene rings is 1. The van der Waals surface area contributed by atoms with E-state index in [1.807, 2.05) is 13.8 Å². The maximum absolute atomic E-state index is 12.0. The number of hydrogen-bond donors (Lipinski definition) is 3. The van der Waals surface area contributed by atoms with Crippen LogP contribution in [0.2, 0.25) is 0 Å². The van der Waals surface area contributed by atoms with Crippen LogP contribution in [0.25, 0.3) is 0 Å². The van der Waals surface area contributed by atoms with Crippen molar-refractivity contribution in [1.82, 2.24) is 5.32 Å². The second kappa shape index (κ2) is 6.75. The van der Waals surface area contributed by atoms with Crippen molar-refractivity contribution in [3.63, 3.8) is 0 Å². The molecule has 0 saturated carbocycles. The van der Waals surface area contributed by atoms with Gasteiger partial charge in [0.1, 0.15) is 0 Å². The minimum Gasteiger partial charge on any atom is -0.399 e. The highest BCUT2D eigenvalue weighted by Crippen LogP contribution is 2.17. The van der Waals surface area contributed by atoms with Gasteiger partial charge in [0.25, 0.3) is 5.91 Å². The first-order chi connectivity index (χ1) is 8.42. The molecule has 18 heavy (non-hydrogen) atoms. The molecule has 0 aromatic heterocycles. The fraction of sp³-hybridized carbons (Fsp3) is 0.462. The van der Waals surface area contributed by atoms with E-state index in [1.54, 1.807) is 18.2 Å². The van der Waals surface area contributed by atoms with Gasteiger partial charge in [0.2, 0.25) is 0 Å². The van der Waals surface area contributed by atoms with E-state index in [-0.39, 0.29) is 18.6 Å². The predicted molar refractivity (Wildman–Crippen MR) is 76.3 cm³/mol. The van der Waals surface area contributed by atoms with Gasteiger partial charge in [0, 0.05) is 15.7 Å². The predicted octanol–water partition coefficient (Wildman–Crippen LogP) is 2.17. The molecule has 1 rings (SSSR count). The van der Waals surface area contributed by atoms with Crippen molar-refractivity contribution in [2.45, 2.75) is 26.3 Å². The quantitative estimate of drug-likeness (QED) is 0.729. The molecule has 0 saturated heterocycles. The summed E-state index contributed by atoms with van der Waals surface area (Å²) in [6.45, 7) is 4.03. The first-order valence-corrected chi connectivity index (χ1v) is 6.69. The lowest BCUT2D eigenvalue weighted by molar-refractivity contribution is 0.0908. The molecule has 1 aromatic rings. The molecule has 1 amide bonds. The van der Waals surface area contributed by atoms with Crippen LogP contribution in [0.3, 0.4) is 0 Å². The molecule has 4 nitrogen and oxygen atoms in total. The van der Waals surface area contributed by atoms with E-state index in [0.29, 0.717) is 17.2 Å². The van der Waals surface area contributed by atoms with Crippen molar-refractivity contribution in [3.8, 4) is 0 Å². The van der Waals surface area contributed by atoms with Crippen molar-refractivity contribution in [2.24, 2.45) is 5.92 Å². The SMILES string of the molecule is CC(C)CC(CO)NC(=O)c1cc(N)cc(Br)c1. The molecule has 0 heterocycles. The number of halogens is 1. The fourth-order valence-corrected chi connectivity index (χ4v) is 2.27. The molecule has 0 aliphatic heterocycles. The first kappa shape index (κ1) is 15.0. The van der Waals surface area contributed by atoms with Gasteiger partial charge < -0.3 is 16.2 Å². The van der Waals surface area contributed by atoms with E-state index >= 15 is 0 Å². The maximum Gasteiger partial charge on any atom is 0.251 e. The number of amides is 1. The Balaban J connectivity index is 2.74. The van der Waals surface area contributed by atoms with E-state index < -0.39 is 0 Å². The van der Waals surface area contributed by atoms with Gasteiger partial charge >= 0.3 is 0 Å². The van der Waals surface area contributed by atoms with Crippen LogP contribution in [-0.4, -0.2) is 23.7 Å². The molecule has 0 aliphatic carbocycles. The normalized spacial score (nSPS) is 12.5. The molecule has 5 heteroatoms. The van der Waals surface area contributed by atoms with Crippen molar-refractivity contribution in [3.05, 3.63) is 28.2 Å². The smallest absolute Gasteiger partial charge is 0.251 e. The van der Waals surface area contributed by atoms with Gasteiger partial charge in [0.15, 0.2) is 0 Å². The molecule has 0 aliphatic rings. The monoisotopic (exact) mass is 314 g/mol. The molecule has 0 bridgehead atoms. The number of aliphatic hydroxyl groups is 1. The van der Waals surface area contributed by atoms with Crippen LogP contribution in [0.4, 0.5) is 5.69 Å². The lowest BCUT2D eigenvalue weighted by Gasteiger charge is -2.18. The number of rotatable bonds is 5. The first-order valence-electron chi connectivity index (χ1n) is 5.90. The van der Waals surface area contributed by atoms with Crippen molar-refractivity contribution in [2.75, 3.05) is 12.3 Å². The Labute approximate surface area is 116 Å². The van der Waals surface area contributed by atoms with Gasteiger partial charge in [-0.05, 0) is 30.5 Å². The van der Waals surface area contributed by atoms with Crippen molar-refractivity contribution < 1.29 is 9.90 Å². The number of carbonyl (C=O) groups is 1. The van der Waals surface area contributed by atoms with Gasteiger partial charge in [-0.25, -0.2) is 0 Å². The Morgan fingerprint density at radius 1 is 1.44 bits per heavy atom. The van der Waals surface area contributed by atoms with Crippen LogP contribution >= 0.6 is 15.9 Å². The molecule has 1 atom stereocenters. The molecule has 0 fully saturated rings. The lowest BCUT2D eigenvalue weighted by Crippen LogP contribution is -2.38. The zero-order chi connectivity index (χ0) is 13.7. The summed E-state index contributed by atoms with van der Waals surface area (Å²) >= 11 is 3.30. The molecular formula is C13H19BrN2O2. The number of anilines is 1. The number of nitrogen functional groups attached to an aromatic ring is 1. The van der Waals surface area contributed by atoms with Crippen LogP contribution in [0.5, 0.6) is 0 Å². The summed E-state index contributed by atoms with van der Waals surface area (Å²) < 4.78 is 0.761. The van der Waals surface area contributed by atoms with Crippen LogP contribution in [0.1, 0.15) is 30.6 Å². The molecule has 100 valence electrons. The number of hydrogen-bond acceptors (Lipinski definition) is 3. The third-order valence-electron chi connectivity index (χ3n) is 2.49. The molecule has 0 radical (unpaired) electrons. The van der Waals surface area contributed by atoms with Gasteiger partial charge in [-0.2, -0.15) is 0 Å². The standard InChI is InChI=1S/C13H19BrN2O2/c1-8(2)3-12(7-17)16-13(18)9-4-10(14)6-11(15)5-9/h4-6,8,12,17H,3,7,15H2,1-2H3,(H,16,18). The minimum atomic E-state index is -0.224. The van der Waals surface area contributed by atoms with E-state index in [1.165, 1.54) is 0 Å². The summed E-state index contributed by atoms with van der Waals surface area (Å²) in [4.78, 5) is 12.0. The molecule has 0 spiro atoms. The molecule has 1 aromatic carbocycles. The topological polar surface area (TPSA) is 75.3 Å². The summed E-state index contributed by atoms with van der Waals surface area (Å²) in [5.74, 6) is 0.192. The average Bonchev–Trinajstić information content (AvgIpc) is 2.26. The van der Waals surface area contributed by atoms with Crippen molar-refractivity contribution in [1.29, 1.82) is 0 Å². The van der Waals surface area contributed by atoms with Gasteiger partial charge in [-0.15, -0.1) is 0 Å². The highest BCUT2D eigenvalue weighted by molar-refractivity contribution is 9.10. The van der Waals surface area contributed by atoms with Crippen LogP contribution in [0.15, 0.2) is 22.7 Å². The third kappa shape index (κ3) is 4.66. The molecule has 1 unspecified atom stereocenters. The summed E-state index contributed by atoms with van der Waals surface area (Å²) in [5.41, 5.74) is 6.70. The summed E-state index contributed by atoms with van der Waals surface area (Å²) in [6.07, 6.45) is 0.742. The zero-order valence-corrected chi connectivity index (χ0v) is 12.2. The number of carbonyl (C=O) groups excluding carboxylic acids is 1. The van der Waals surface area contributed by atoms with Crippen LogP contribution < -0.4 is 11.1 Å². The summed E-state index contributed by atoms with van der Waals surface area (Å²) in [6, 6.07) is 4.83. The lowest BCUT2D eigenvalue weighted by atomic mass is 10.0. The van der Waals surface area contributed by atoms with E-state index in [2.05, 4.69) is 21.2 Å². The maximum atomic E-state index is 12.0. The van der Waals surface area contributed by atoms with Crippen LogP contribution in [-0.2, 0) is 0 Å². The average molecular weight is 315 g/mol. The second-order valence-electron chi connectivity index (χ2n) is 4.76. The van der Waals surface area contributed by atoms with E-state index in [9.17, 15) is 9.90 Å². The second-order valence-corrected chi connectivity index (χ2v) is 5.67. The Bertz CT molecular complexity index is 401. The molecular weight excluding hydrogens is 296 g/mol. The van der Waals surface area contributed by atoms with Gasteiger partial charge in [-0.3, -0.25) is 4.79 Å². The number of aliphatic hydroxyl groups excluding tert-OH is 1. The highest BCUT2D eigenvalue weighted by atomic mass is 79.9. The Morgan fingerprint density at radius 2 is 2.11 bits per heavy atom. The van der Waals surface area contributed by atoms with E-state index in [0.717, 1.165) is 10.9 Å². The van der Waals surface area contributed by atoms with Crippen LogP contribution in [0, 0.1) is 5.92 Å². The number of nitrogens with one attached hydrogen (secondary N) is 1. The van der Waals surface area contributed by atoms with Crippen molar-refractivity contribution >= 4 is 27.5 Å². The van der Waals surface area contributed by atoms with E-state index in [4.69, 9.17) is 5.73 Å².